The van der Waals surface area contributed by atoms with Gasteiger partial charge in [0, 0.05) is 23.7 Å². The van der Waals surface area contributed by atoms with Crippen molar-refractivity contribution < 1.29 is 9.53 Å². The molecule has 0 unspecified atom stereocenters. The number of methoxy groups -OCH3 is 1. The summed E-state index contributed by atoms with van der Waals surface area (Å²) in [6, 6.07) is 15.9. The average molecular weight is 414 g/mol. The van der Waals surface area contributed by atoms with Crippen molar-refractivity contribution in [1.29, 1.82) is 0 Å². The number of nitrogens with one attached hydrogen (secondary N) is 1. The van der Waals surface area contributed by atoms with E-state index in [4.69, 9.17) is 4.74 Å². The predicted molar refractivity (Wildman–Crippen MR) is 114 cm³/mol. The third kappa shape index (κ3) is 4.41. The first-order valence-electron chi connectivity index (χ1n) is 9.20. The zero-order chi connectivity index (χ0) is 19.7. The minimum Gasteiger partial charge on any atom is -0.481 e. The fourth-order valence-corrected chi connectivity index (χ4v) is 3.27. The van der Waals surface area contributed by atoms with Crippen LogP contribution in [0, 0.1) is 0 Å². The van der Waals surface area contributed by atoms with Gasteiger partial charge in [-0.1, -0.05) is 30.3 Å². The summed E-state index contributed by atoms with van der Waals surface area (Å²) in [5.74, 6) is 0.366. The second-order valence-electron chi connectivity index (χ2n) is 7.10. The summed E-state index contributed by atoms with van der Waals surface area (Å²) in [5.41, 5.74) is 2.95. The number of aromatic nitrogens is 3. The van der Waals surface area contributed by atoms with Gasteiger partial charge in [-0.25, -0.2) is 9.67 Å². The number of ether oxygens (including phenoxy) is 1. The number of carbonyl (C=O) groups is 1. The zero-order valence-electron chi connectivity index (χ0n) is 16.6. The Labute approximate surface area is 176 Å². The van der Waals surface area contributed by atoms with Gasteiger partial charge in [0.25, 0.3) is 5.91 Å². The van der Waals surface area contributed by atoms with E-state index < -0.39 is 0 Å². The molecule has 4 rings (SSSR count). The number of halogens is 1. The molecule has 0 spiro atoms. The smallest absolute Gasteiger partial charge is 0.272 e. The quantitative estimate of drug-likeness (QED) is 0.672. The lowest BCUT2D eigenvalue weighted by Crippen LogP contribution is -2.31. The molecule has 0 bridgehead atoms. The van der Waals surface area contributed by atoms with Gasteiger partial charge in [-0.3, -0.25) is 4.79 Å². The molecule has 2 heterocycles. The first-order valence-corrected chi connectivity index (χ1v) is 9.20. The van der Waals surface area contributed by atoms with Crippen molar-refractivity contribution in [2.24, 2.45) is 0 Å². The van der Waals surface area contributed by atoms with Crippen molar-refractivity contribution in [3.63, 3.8) is 0 Å². The molecular weight excluding hydrogens is 390 g/mol. The van der Waals surface area contributed by atoms with Crippen molar-refractivity contribution >= 4 is 18.3 Å². The molecule has 1 saturated carbocycles. The van der Waals surface area contributed by atoms with Crippen LogP contribution >= 0.6 is 12.4 Å². The van der Waals surface area contributed by atoms with Gasteiger partial charge in [0.1, 0.15) is 0 Å². The highest BCUT2D eigenvalue weighted by Crippen LogP contribution is 2.27. The number of amides is 1. The molecule has 3 aromatic rings. The van der Waals surface area contributed by atoms with Crippen molar-refractivity contribution in [3.8, 4) is 22.8 Å². The second-order valence-corrected chi connectivity index (χ2v) is 7.10. The fourth-order valence-electron chi connectivity index (χ4n) is 3.27. The largest absolute Gasteiger partial charge is 0.481 e. The lowest BCUT2D eigenvalue weighted by atomic mass is 10.1. The van der Waals surface area contributed by atoms with Gasteiger partial charge in [-0.05, 0) is 32.6 Å². The molecular formula is C21H24ClN5O2. The number of likely N-dealkylation sites (N-methyl/N-ethyl adjacent to an activating group) is 1. The Hall–Kier alpha value is -2.90. The summed E-state index contributed by atoms with van der Waals surface area (Å²) in [6.07, 6.45) is 2.65. The standard InChI is InChI=1S/C21H23N5O2.ClH/c1-25(2)19-11-16(19)23-21(27)17-12-18(14-7-5-4-6-8-14)26(24-17)15-9-10-20(28-3)22-13-15;/h4-10,12-13,16,19H,11H2,1-3H3,(H,23,27);1H/t16-,19+;/m1./s1. The molecule has 1 aliphatic carbocycles. The highest BCUT2D eigenvalue weighted by Gasteiger charge is 2.40. The van der Waals surface area contributed by atoms with E-state index in [1.807, 2.05) is 56.6 Å². The van der Waals surface area contributed by atoms with E-state index >= 15 is 0 Å². The normalized spacial score (nSPS) is 17.5. The lowest BCUT2D eigenvalue weighted by Gasteiger charge is -2.09. The van der Waals surface area contributed by atoms with E-state index in [-0.39, 0.29) is 24.4 Å². The Morgan fingerprint density at radius 2 is 1.97 bits per heavy atom. The van der Waals surface area contributed by atoms with Crippen LogP contribution in [-0.4, -0.2) is 58.9 Å². The Bertz CT molecular complexity index is 972. The van der Waals surface area contributed by atoms with Crippen LogP contribution in [0.3, 0.4) is 0 Å². The van der Waals surface area contributed by atoms with E-state index in [1.54, 1.807) is 24.1 Å². The topological polar surface area (TPSA) is 72.3 Å². The highest BCUT2D eigenvalue weighted by atomic mass is 35.5. The molecule has 0 radical (unpaired) electrons. The molecule has 1 aromatic carbocycles. The van der Waals surface area contributed by atoms with Gasteiger partial charge < -0.3 is 15.0 Å². The summed E-state index contributed by atoms with van der Waals surface area (Å²) in [5, 5.41) is 7.64. The molecule has 1 amide bonds. The SMILES string of the molecule is COc1ccc(-n2nc(C(=O)N[C@@H]3C[C@@H]3N(C)C)cc2-c2ccccc2)cn1.Cl. The third-order valence-electron chi connectivity index (χ3n) is 4.92. The summed E-state index contributed by atoms with van der Waals surface area (Å²) in [7, 11) is 5.62. The van der Waals surface area contributed by atoms with Gasteiger partial charge in [0.15, 0.2) is 5.69 Å². The molecule has 1 aliphatic rings. The minimum atomic E-state index is -0.160. The van der Waals surface area contributed by atoms with E-state index in [2.05, 4.69) is 20.3 Å². The van der Waals surface area contributed by atoms with Crippen molar-refractivity contribution in [2.75, 3.05) is 21.2 Å². The Morgan fingerprint density at radius 3 is 2.55 bits per heavy atom. The predicted octanol–water partition coefficient (Wildman–Crippen LogP) is 2.80. The Kier molecular flexibility index (Phi) is 6.20. The third-order valence-corrected chi connectivity index (χ3v) is 4.92. The van der Waals surface area contributed by atoms with Crippen LogP contribution in [0.25, 0.3) is 16.9 Å². The molecule has 2 aromatic heterocycles. The maximum atomic E-state index is 12.8. The molecule has 7 nitrogen and oxygen atoms in total. The maximum absolute atomic E-state index is 12.8. The summed E-state index contributed by atoms with van der Waals surface area (Å²) >= 11 is 0. The number of pyridine rings is 1. The number of hydrogen-bond acceptors (Lipinski definition) is 5. The van der Waals surface area contributed by atoms with Crippen LogP contribution < -0.4 is 10.1 Å². The summed E-state index contributed by atoms with van der Waals surface area (Å²) in [4.78, 5) is 19.1. The van der Waals surface area contributed by atoms with Gasteiger partial charge in [-0.15, -0.1) is 12.4 Å². The Balaban J connectivity index is 0.00000240. The first kappa shape index (κ1) is 20.8. The van der Waals surface area contributed by atoms with E-state index in [1.165, 1.54) is 0 Å². The van der Waals surface area contributed by atoms with E-state index in [0.717, 1.165) is 23.4 Å². The molecule has 1 fully saturated rings. The van der Waals surface area contributed by atoms with Gasteiger partial charge in [0.2, 0.25) is 5.88 Å². The van der Waals surface area contributed by atoms with E-state index in [0.29, 0.717) is 17.6 Å². The molecule has 29 heavy (non-hydrogen) atoms. The van der Waals surface area contributed by atoms with Crippen molar-refractivity contribution in [2.45, 2.75) is 18.5 Å². The van der Waals surface area contributed by atoms with Gasteiger partial charge in [-0.2, -0.15) is 5.10 Å². The molecule has 0 saturated heterocycles. The monoisotopic (exact) mass is 413 g/mol. The average Bonchev–Trinajstić information content (AvgIpc) is 3.35. The Morgan fingerprint density at radius 1 is 1.21 bits per heavy atom. The number of rotatable bonds is 6. The number of nitrogens with zero attached hydrogens (tertiary/aromatic N) is 4. The van der Waals surface area contributed by atoms with Crippen LogP contribution in [0.2, 0.25) is 0 Å². The molecule has 8 heteroatoms. The molecule has 0 aliphatic heterocycles. The number of benzene rings is 1. The summed E-state index contributed by atoms with van der Waals surface area (Å²) < 4.78 is 6.88. The number of hydrogen-bond donors (Lipinski definition) is 1. The second kappa shape index (κ2) is 8.63. The van der Waals surface area contributed by atoms with Crippen LogP contribution in [0.1, 0.15) is 16.9 Å². The summed E-state index contributed by atoms with van der Waals surface area (Å²) in [6.45, 7) is 0. The van der Waals surface area contributed by atoms with Gasteiger partial charge >= 0.3 is 0 Å². The minimum absolute atomic E-state index is 0. The van der Waals surface area contributed by atoms with Crippen LogP contribution in [0.5, 0.6) is 5.88 Å². The zero-order valence-corrected chi connectivity index (χ0v) is 17.4. The maximum Gasteiger partial charge on any atom is 0.272 e. The lowest BCUT2D eigenvalue weighted by molar-refractivity contribution is 0.0942. The molecule has 152 valence electrons. The van der Waals surface area contributed by atoms with Crippen LogP contribution in [-0.2, 0) is 0 Å². The highest BCUT2D eigenvalue weighted by molar-refractivity contribution is 5.94. The van der Waals surface area contributed by atoms with Crippen LogP contribution in [0.15, 0.2) is 54.7 Å². The van der Waals surface area contributed by atoms with Crippen molar-refractivity contribution in [3.05, 3.63) is 60.4 Å². The first-order chi connectivity index (χ1) is 13.6. The number of carbonyl (C=O) groups excluding carboxylic acids is 1. The van der Waals surface area contributed by atoms with Gasteiger partial charge in [0.05, 0.1) is 24.7 Å². The van der Waals surface area contributed by atoms with E-state index in [9.17, 15) is 4.79 Å². The van der Waals surface area contributed by atoms with Crippen LogP contribution in [0.4, 0.5) is 0 Å². The molecule has 1 N–H and O–H groups in total. The fraction of sp³-hybridized carbons (Fsp3) is 0.286. The molecule has 2 atom stereocenters. The van der Waals surface area contributed by atoms with Crippen molar-refractivity contribution in [1.82, 2.24) is 25.0 Å².